The first-order valence-electron chi connectivity index (χ1n) is 10.6. The second-order valence-electron chi connectivity index (χ2n) is 7.80. The molecule has 0 bridgehead atoms. The number of sulfonamides is 1. The van der Waals surface area contributed by atoms with Gasteiger partial charge in [0, 0.05) is 11.7 Å². The third-order valence-electron chi connectivity index (χ3n) is 5.76. The highest BCUT2D eigenvalue weighted by atomic mass is 32.2. The second-order valence-corrected chi connectivity index (χ2v) is 9.67. The number of anilines is 2. The van der Waals surface area contributed by atoms with Gasteiger partial charge in [-0.15, -0.1) is 0 Å². The smallest absolute Gasteiger partial charge is 0.264 e. The summed E-state index contributed by atoms with van der Waals surface area (Å²) in [5.74, 6) is 0.587. The molecule has 0 aromatic heterocycles. The Balaban J connectivity index is 1.76. The highest BCUT2D eigenvalue weighted by Gasteiger charge is 2.35. The van der Waals surface area contributed by atoms with Gasteiger partial charge in [0.15, 0.2) is 0 Å². The van der Waals surface area contributed by atoms with Gasteiger partial charge in [-0.05, 0) is 61.4 Å². The average Bonchev–Trinajstić information content (AvgIpc) is 3.18. The average molecular weight is 467 g/mol. The van der Waals surface area contributed by atoms with E-state index in [1.165, 1.54) is 26.4 Å². The van der Waals surface area contributed by atoms with E-state index in [-0.39, 0.29) is 23.4 Å². The maximum Gasteiger partial charge on any atom is 0.264 e. The summed E-state index contributed by atoms with van der Waals surface area (Å²) in [5, 5.41) is 0. The molecule has 0 spiro atoms. The molecule has 0 saturated heterocycles. The van der Waals surface area contributed by atoms with Gasteiger partial charge in [0.2, 0.25) is 5.91 Å². The van der Waals surface area contributed by atoms with E-state index in [0.717, 1.165) is 22.0 Å². The lowest BCUT2D eigenvalue weighted by Gasteiger charge is -2.29. The molecule has 33 heavy (non-hydrogen) atoms. The summed E-state index contributed by atoms with van der Waals surface area (Å²) in [7, 11) is -1.10. The lowest BCUT2D eigenvalue weighted by atomic mass is 10.1. The van der Waals surface area contributed by atoms with E-state index in [4.69, 9.17) is 9.47 Å². The zero-order valence-electron chi connectivity index (χ0n) is 18.8. The zero-order valence-corrected chi connectivity index (χ0v) is 19.6. The summed E-state index contributed by atoms with van der Waals surface area (Å²) >= 11 is 0. The van der Waals surface area contributed by atoms with Gasteiger partial charge in [-0.1, -0.05) is 30.3 Å². The van der Waals surface area contributed by atoms with E-state index >= 15 is 0 Å². The fourth-order valence-corrected chi connectivity index (χ4v) is 5.58. The predicted molar refractivity (Wildman–Crippen MR) is 128 cm³/mol. The molecule has 4 rings (SSSR count). The Morgan fingerprint density at radius 1 is 0.970 bits per heavy atom. The van der Waals surface area contributed by atoms with Crippen LogP contribution in [0, 0.1) is 0 Å². The van der Waals surface area contributed by atoms with Gasteiger partial charge < -0.3 is 14.4 Å². The second kappa shape index (κ2) is 9.15. The van der Waals surface area contributed by atoms with Crippen LogP contribution in [0.15, 0.2) is 77.7 Å². The third kappa shape index (κ3) is 4.26. The van der Waals surface area contributed by atoms with Crippen LogP contribution in [0.25, 0.3) is 0 Å². The number of carbonyl (C=O) groups excluding carboxylic acids is 1. The Labute approximate surface area is 194 Å². The molecule has 172 valence electrons. The van der Waals surface area contributed by atoms with Crippen LogP contribution < -0.4 is 18.7 Å². The molecule has 1 amide bonds. The molecule has 0 saturated carbocycles. The number of carbonyl (C=O) groups is 1. The van der Waals surface area contributed by atoms with E-state index in [1.54, 1.807) is 41.3 Å². The van der Waals surface area contributed by atoms with Crippen LogP contribution >= 0.6 is 0 Å². The van der Waals surface area contributed by atoms with Gasteiger partial charge >= 0.3 is 0 Å². The van der Waals surface area contributed by atoms with Crippen molar-refractivity contribution < 1.29 is 22.7 Å². The first-order valence-corrected chi connectivity index (χ1v) is 12.0. The minimum Gasteiger partial charge on any atom is -0.497 e. The van der Waals surface area contributed by atoms with Gasteiger partial charge in [0.1, 0.15) is 18.0 Å². The van der Waals surface area contributed by atoms with Gasteiger partial charge in [-0.25, -0.2) is 8.42 Å². The van der Waals surface area contributed by atoms with E-state index < -0.39 is 10.0 Å². The van der Waals surface area contributed by atoms with Crippen molar-refractivity contribution in [3.05, 3.63) is 78.4 Å². The number of ether oxygens (including phenoxy) is 2. The maximum atomic E-state index is 13.7. The Kier molecular flexibility index (Phi) is 6.29. The van der Waals surface area contributed by atoms with Crippen LogP contribution in [0.1, 0.15) is 12.5 Å². The van der Waals surface area contributed by atoms with E-state index in [9.17, 15) is 13.2 Å². The van der Waals surface area contributed by atoms with Gasteiger partial charge in [-0.3, -0.25) is 9.10 Å². The van der Waals surface area contributed by atoms with Crippen LogP contribution in [0.3, 0.4) is 0 Å². The number of hydrogen-bond donors (Lipinski definition) is 0. The lowest BCUT2D eigenvalue weighted by Crippen LogP contribution is -2.45. The van der Waals surface area contributed by atoms with Crippen molar-refractivity contribution >= 4 is 27.3 Å². The number of para-hydroxylation sites is 3. The van der Waals surface area contributed by atoms with Crippen molar-refractivity contribution in [2.45, 2.75) is 24.3 Å². The molecule has 7 nitrogen and oxygen atoms in total. The molecular weight excluding hydrogens is 440 g/mol. The lowest BCUT2D eigenvalue weighted by molar-refractivity contribution is -0.117. The van der Waals surface area contributed by atoms with Crippen molar-refractivity contribution in [2.24, 2.45) is 0 Å². The molecule has 0 radical (unpaired) electrons. The standard InChI is InChI=1S/C25H26N2O5S/c1-18-16-19-8-4-5-9-22(19)27(18)25(28)17-26(23-10-6-7-11-24(23)32-3)33(29,30)21-14-12-20(31-2)13-15-21/h4-15,18H,16-17H2,1-3H3/t18-/m1/s1. The van der Waals surface area contributed by atoms with Crippen molar-refractivity contribution in [1.29, 1.82) is 0 Å². The van der Waals surface area contributed by atoms with Crippen LogP contribution in [0.4, 0.5) is 11.4 Å². The summed E-state index contributed by atoms with van der Waals surface area (Å²) < 4.78 is 39.2. The number of rotatable bonds is 7. The number of nitrogens with zero attached hydrogens (tertiary/aromatic N) is 2. The monoisotopic (exact) mass is 466 g/mol. The SMILES string of the molecule is COc1ccc(S(=O)(=O)N(CC(=O)N2c3ccccc3C[C@H]2C)c2ccccc2OC)cc1. The topological polar surface area (TPSA) is 76.2 Å². The fourth-order valence-electron chi connectivity index (χ4n) is 4.16. The summed E-state index contributed by atoms with van der Waals surface area (Å²) in [5.41, 5.74) is 2.18. The zero-order chi connectivity index (χ0) is 23.6. The largest absolute Gasteiger partial charge is 0.497 e. The molecule has 0 unspecified atom stereocenters. The van der Waals surface area contributed by atoms with E-state index in [1.807, 2.05) is 31.2 Å². The minimum absolute atomic E-state index is 0.0527. The number of benzene rings is 3. The van der Waals surface area contributed by atoms with Crippen LogP contribution in [-0.4, -0.2) is 41.1 Å². The highest BCUT2D eigenvalue weighted by molar-refractivity contribution is 7.92. The molecule has 0 fully saturated rings. The van der Waals surface area contributed by atoms with Crippen molar-refractivity contribution in [1.82, 2.24) is 0 Å². The Hall–Kier alpha value is -3.52. The minimum atomic E-state index is -4.08. The molecule has 3 aromatic carbocycles. The number of fused-ring (bicyclic) bond motifs is 1. The molecule has 1 aliphatic rings. The van der Waals surface area contributed by atoms with E-state index in [2.05, 4.69) is 0 Å². The highest BCUT2D eigenvalue weighted by Crippen LogP contribution is 2.35. The third-order valence-corrected chi connectivity index (χ3v) is 7.53. The summed E-state index contributed by atoms with van der Waals surface area (Å²) in [4.78, 5) is 15.3. The van der Waals surface area contributed by atoms with Gasteiger partial charge in [-0.2, -0.15) is 0 Å². The van der Waals surface area contributed by atoms with E-state index in [0.29, 0.717) is 17.2 Å². The van der Waals surface area contributed by atoms with Crippen molar-refractivity contribution in [2.75, 3.05) is 30.0 Å². The number of amides is 1. The molecule has 0 aliphatic carbocycles. The molecule has 1 heterocycles. The van der Waals surface area contributed by atoms with Gasteiger partial charge in [0.05, 0.1) is 24.8 Å². The predicted octanol–water partition coefficient (Wildman–Crippen LogP) is 3.88. The first kappa shape index (κ1) is 22.7. The van der Waals surface area contributed by atoms with Crippen LogP contribution in [0.5, 0.6) is 11.5 Å². The fraction of sp³-hybridized carbons (Fsp3) is 0.240. The number of hydrogen-bond acceptors (Lipinski definition) is 5. The molecule has 1 aliphatic heterocycles. The molecular formula is C25H26N2O5S. The Bertz CT molecular complexity index is 1260. The molecule has 1 atom stereocenters. The van der Waals surface area contributed by atoms with Crippen molar-refractivity contribution in [3.8, 4) is 11.5 Å². The van der Waals surface area contributed by atoms with Crippen molar-refractivity contribution in [3.63, 3.8) is 0 Å². The normalized spacial score (nSPS) is 15.1. The first-order chi connectivity index (χ1) is 15.9. The summed E-state index contributed by atoms with van der Waals surface area (Å²) in [6.45, 7) is 1.59. The summed E-state index contributed by atoms with van der Waals surface area (Å²) in [6, 6.07) is 20.5. The Morgan fingerprint density at radius 3 is 2.33 bits per heavy atom. The van der Waals surface area contributed by atoms with Crippen LogP contribution in [0.2, 0.25) is 0 Å². The maximum absolute atomic E-state index is 13.7. The molecule has 3 aromatic rings. The quantitative estimate of drug-likeness (QED) is 0.528. The summed E-state index contributed by atoms with van der Waals surface area (Å²) in [6.07, 6.45) is 0.724. The van der Waals surface area contributed by atoms with Crippen LogP contribution in [-0.2, 0) is 21.2 Å². The van der Waals surface area contributed by atoms with Gasteiger partial charge in [0.25, 0.3) is 10.0 Å². The molecule has 0 N–H and O–H groups in total. The molecule has 8 heteroatoms. The number of methoxy groups -OCH3 is 2. The Morgan fingerprint density at radius 2 is 1.64 bits per heavy atom.